The third kappa shape index (κ3) is 2.98. The molecule has 1 amide bonds. The van der Waals surface area contributed by atoms with Crippen molar-refractivity contribution in [3.05, 3.63) is 42.1 Å². The van der Waals surface area contributed by atoms with Gasteiger partial charge in [-0.2, -0.15) is 5.10 Å². The molecule has 0 aromatic carbocycles. The summed E-state index contributed by atoms with van der Waals surface area (Å²) >= 11 is 0. The second-order valence-corrected chi connectivity index (χ2v) is 7.28. The second kappa shape index (κ2) is 6.09. The topological polar surface area (TPSA) is 63.3 Å². The van der Waals surface area contributed by atoms with E-state index in [0.29, 0.717) is 17.2 Å². The summed E-state index contributed by atoms with van der Waals surface area (Å²) < 4.78 is 7.10. The van der Waals surface area contributed by atoms with Crippen molar-refractivity contribution in [1.82, 2.24) is 20.0 Å². The molecule has 1 N–H and O–H groups in total. The number of rotatable bonds is 4. The Kier molecular flexibility index (Phi) is 3.92. The van der Waals surface area contributed by atoms with E-state index in [1.807, 2.05) is 17.9 Å². The van der Waals surface area contributed by atoms with Crippen LogP contribution in [0.15, 0.2) is 35.1 Å². The van der Waals surface area contributed by atoms with Crippen LogP contribution in [0.2, 0.25) is 0 Å². The maximum Gasteiger partial charge on any atom is 0.287 e. The van der Waals surface area contributed by atoms with Crippen molar-refractivity contribution in [2.24, 2.45) is 12.5 Å². The Morgan fingerprint density at radius 3 is 2.79 bits per heavy atom. The van der Waals surface area contributed by atoms with Crippen molar-refractivity contribution in [3.63, 3.8) is 0 Å². The van der Waals surface area contributed by atoms with E-state index >= 15 is 0 Å². The lowest BCUT2D eigenvalue weighted by Gasteiger charge is -2.52. The van der Waals surface area contributed by atoms with Gasteiger partial charge >= 0.3 is 0 Å². The van der Waals surface area contributed by atoms with Crippen molar-refractivity contribution in [2.45, 2.75) is 38.3 Å². The Labute approximate surface area is 141 Å². The largest absolute Gasteiger partial charge is 0.459 e. The van der Waals surface area contributed by atoms with Gasteiger partial charge in [-0.1, -0.05) is 0 Å². The minimum atomic E-state index is -0.0894. The van der Waals surface area contributed by atoms with Gasteiger partial charge in [-0.05, 0) is 62.4 Å². The van der Waals surface area contributed by atoms with Crippen LogP contribution < -0.4 is 5.32 Å². The number of nitrogens with one attached hydrogen (secondary N) is 1. The SMILES string of the molecule is Cn1nccc1CN1CCC2(CC1)CC(NC(=O)c1ccco1)C2. The molecule has 4 rings (SSSR count). The first-order valence-corrected chi connectivity index (χ1v) is 8.67. The summed E-state index contributed by atoms with van der Waals surface area (Å²) in [7, 11) is 2.00. The van der Waals surface area contributed by atoms with Crippen molar-refractivity contribution < 1.29 is 9.21 Å². The van der Waals surface area contributed by atoms with Crippen molar-refractivity contribution in [2.75, 3.05) is 13.1 Å². The number of aryl methyl sites for hydroxylation is 1. The number of nitrogens with zero attached hydrogens (tertiary/aromatic N) is 3. The fourth-order valence-corrected chi connectivity index (χ4v) is 4.13. The summed E-state index contributed by atoms with van der Waals surface area (Å²) in [6.07, 6.45) is 8.03. The summed E-state index contributed by atoms with van der Waals surface area (Å²) in [6, 6.07) is 5.84. The molecule has 2 fully saturated rings. The number of amides is 1. The molecular weight excluding hydrogens is 304 g/mol. The Balaban J connectivity index is 1.24. The van der Waals surface area contributed by atoms with Gasteiger partial charge < -0.3 is 9.73 Å². The molecule has 3 heterocycles. The summed E-state index contributed by atoms with van der Waals surface area (Å²) in [6.45, 7) is 3.24. The van der Waals surface area contributed by atoms with E-state index < -0.39 is 0 Å². The summed E-state index contributed by atoms with van der Waals surface area (Å²) in [4.78, 5) is 14.5. The van der Waals surface area contributed by atoms with Crippen LogP contribution in [0, 0.1) is 5.41 Å². The quantitative estimate of drug-likeness (QED) is 0.934. The van der Waals surface area contributed by atoms with Gasteiger partial charge in [0, 0.05) is 25.8 Å². The zero-order chi connectivity index (χ0) is 16.6. The van der Waals surface area contributed by atoms with E-state index in [4.69, 9.17) is 4.42 Å². The third-order valence-electron chi connectivity index (χ3n) is 5.66. The molecule has 2 aromatic heterocycles. The van der Waals surface area contributed by atoms with Crippen LogP contribution in [0.25, 0.3) is 0 Å². The van der Waals surface area contributed by atoms with Crippen molar-refractivity contribution in [1.29, 1.82) is 0 Å². The van der Waals surface area contributed by atoms with Crippen LogP contribution in [-0.2, 0) is 13.6 Å². The predicted octanol–water partition coefficient (Wildman–Crippen LogP) is 2.19. The zero-order valence-corrected chi connectivity index (χ0v) is 14.1. The van der Waals surface area contributed by atoms with Crippen LogP contribution in [0.1, 0.15) is 41.9 Å². The molecule has 24 heavy (non-hydrogen) atoms. The van der Waals surface area contributed by atoms with Gasteiger partial charge in [0.25, 0.3) is 5.91 Å². The highest BCUT2D eigenvalue weighted by Crippen LogP contribution is 2.49. The molecule has 6 heteroatoms. The van der Waals surface area contributed by atoms with Gasteiger partial charge in [0.15, 0.2) is 5.76 Å². The van der Waals surface area contributed by atoms with E-state index in [-0.39, 0.29) is 5.91 Å². The predicted molar refractivity (Wildman–Crippen MR) is 89.3 cm³/mol. The lowest BCUT2D eigenvalue weighted by atomic mass is 9.60. The van der Waals surface area contributed by atoms with Gasteiger partial charge in [0.2, 0.25) is 0 Å². The number of likely N-dealkylation sites (tertiary alicyclic amines) is 1. The molecule has 1 saturated carbocycles. The number of furan rings is 1. The fourth-order valence-electron chi connectivity index (χ4n) is 4.13. The number of piperidine rings is 1. The first kappa shape index (κ1) is 15.4. The van der Waals surface area contributed by atoms with Gasteiger partial charge in [0.1, 0.15) is 0 Å². The highest BCUT2D eigenvalue weighted by atomic mass is 16.3. The Hall–Kier alpha value is -2.08. The summed E-state index contributed by atoms with van der Waals surface area (Å²) in [5.74, 6) is 0.315. The van der Waals surface area contributed by atoms with E-state index in [9.17, 15) is 4.79 Å². The highest BCUT2D eigenvalue weighted by molar-refractivity contribution is 5.91. The number of hydrogen-bond donors (Lipinski definition) is 1. The average molecular weight is 328 g/mol. The van der Waals surface area contributed by atoms with E-state index in [2.05, 4.69) is 21.4 Å². The van der Waals surface area contributed by atoms with Crippen LogP contribution in [-0.4, -0.2) is 39.7 Å². The van der Waals surface area contributed by atoms with Crippen LogP contribution in [0.4, 0.5) is 0 Å². The molecule has 0 atom stereocenters. The molecule has 2 aromatic rings. The lowest BCUT2D eigenvalue weighted by Crippen LogP contribution is -2.54. The van der Waals surface area contributed by atoms with Crippen molar-refractivity contribution in [3.8, 4) is 0 Å². The monoisotopic (exact) mass is 328 g/mol. The minimum Gasteiger partial charge on any atom is -0.459 e. The van der Waals surface area contributed by atoms with Gasteiger partial charge in [-0.25, -0.2) is 0 Å². The van der Waals surface area contributed by atoms with Gasteiger partial charge in [-0.15, -0.1) is 0 Å². The summed E-state index contributed by atoms with van der Waals surface area (Å²) in [5.41, 5.74) is 1.70. The molecule has 2 aliphatic rings. The maximum atomic E-state index is 12.0. The number of carbonyl (C=O) groups excluding carboxylic acids is 1. The van der Waals surface area contributed by atoms with E-state index in [0.717, 1.165) is 32.5 Å². The van der Waals surface area contributed by atoms with Gasteiger partial charge in [-0.3, -0.25) is 14.4 Å². The van der Waals surface area contributed by atoms with Crippen LogP contribution >= 0.6 is 0 Å². The molecule has 1 aliphatic heterocycles. The molecular formula is C18H24N4O2. The lowest BCUT2D eigenvalue weighted by molar-refractivity contribution is 0.00376. The molecule has 1 aliphatic carbocycles. The molecule has 1 spiro atoms. The Morgan fingerprint density at radius 1 is 1.38 bits per heavy atom. The average Bonchev–Trinajstić information content (AvgIpc) is 3.20. The minimum absolute atomic E-state index is 0.0894. The van der Waals surface area contributed by atoms with Crippen molar-refractivity contribution >= 4 is 5.91 Å². The van der Waals surface area contributed by atoms with E-state index in [1.165, 1.54) is 24.8 Å². The molecule has 6 nitrogen and oxygen atoms in total. The molecule has 0 radical (unpaired) electrons. The summed E-state index contributed by atoms with van der Waals surface area (Å²) in [5, 5.41) is 7.33. The second-order valence-electron chi connectivity index (χ2n) is 7.28. The number of hydrogen-bond acceptors (Lipinski definition) is 4. The Bertz CT molecular complexity index is 690. The van der Waals surface area contributed by atoms with Gasteiger partial charge in [0.05, 0.1) is 12.0 Å². The van der Waals surface area contributed by atoms with Crippen LogP contribution in [0.3, 0.4) is 0 Å². The maximum absolute atomic E-state index is 12.0. The zero-order valence-electron chi connectivity index (χ0n) is 14.1. The molecule has 0 unspecified atom stereocenters. The smallest absolute Gasteiger partial charge is 0.287 e. The van der Waals surface area contributed by atoms with Crippen LogP contribution in [0.5, 0.6) is 0 Å². The standard InChI is InChI=1S/C18H24N4O2/c1-21-15(4-7-19-21)13-22-8-5-18(6-9-22)11-14(12-18)20-17(23)16-3-2-10-24-16/h2-4,7,10,14H,5-6,8-9,11-13H2,1H3,(H,20,23). The first-order chi connectivity index (χ1) is 11.6. The Morgan fingerprint density at radius 2 is 2.17 bits per heavy atom. The normalized spacial score (nSPS) is 20.9. The molecule has 128 valence electrons. The molecule has 0 bridgehead atoms. The third-order valence-corrected chi connectivity index (χ3v) is 5.66. The highest BCUT2D eigenvalue weighted by Gasteiger charge is 2.46. The number of aromatic nitrogens is 2. The van der Waals surface area contributed by atoms with E-state index in [1.54, 1.807) is 12.1 Å². The fraction of sp³-hybridized carbons (Fsp3) is 0.556. The molecule has 1 saturated heterocycles. The first-order valence-electron chi connectivity index (χ1n) is 8.67. The number of carbonyl (C=O) groups is 1.